The predicted octanol–water partition coefficient (Wildman–Crippen LogP) is 2.76. The zero-order chi connectivity index (χ0) is 39.9. The Kier molecular flexibility index (Phi) is 13.5. The lowest BCUT2D eigenvalue weighted by atomic mass is 10.1. The number of aliphatic hydroxyl groups is 3. The Morgan fingerprint density at radius 1 is 1.04 bits per heavy atom. The average molecular weight is 773 g/mol. The number of likely N-dealkylation sites (N-methyl/N-ethyl adjacent to an activating group) is 1. The molecule has 0 unspecified atom stereocenters. The van der Waals surface area contributed by atoms with Gasteiger partial charge >= 0.3 is 12.1 Å². The molecular weight excluding hydrogens is 725 g/mol. The maximum atomic E-state index is 12.1. The third-order valence-electron chi connectivity index (χ3n) is 9.72. The van der Waals surface area contributed by atoms with Crippen LogP contribution in [0.1, 0.15) is 43.4 Å². The van der Waals surface area contributed by atoms with E-state index in [-0.39, 0.29) is 25.0 Å². The summed E-state index contributed by atoms with van der Waals surface area (Å²) in [6.07, 6.45) is -3.65. The maximum absolute atomic E-state index is 12.1. The molecule has 1 saturated carbocycles. The van der Waals surface area contributed by atoms with Gasteiger partial charge in [0.05, 0.1) is 31.1 Å². The number of halogens is 3. The number of aromatic nitrogens is 4. The third-order valence-corrected chi connectivity index (χ3v) is 9.72. The van der Waals surface area contributed by atoms with Gasteiger partial charge in [-0.05, 0) is 56.6 Å². The molecule has 1 aliphatic heterocycles. The molecule has 0 spiro atoms. The van der Waals surface area contributed by atoms with Crippen LogP contribution >= 0.6 is 0 Å². The Labute approximate surface area is 315 Å². The van der Waals surface area contributed by atoms with E-state index in [2.05, 4.69) is 39.5 Å². The van der Waals surface area contributed by atoms with E-state index in [0.29, 0.717) is 48.4 Å². The summed E-state index contributed by atoms with van der Waals surface area (Å²) in [7, 11) is 4.13. The van der Waals surface area contributed by atoms with Crippen LogP contribution in [0.15, 0.2) is 60.9 Å². The van der Waals surface area contributed by atoms with Crippen molar-refractivity contribution in [2.45, 2.75) is 81.8 Å². The van der Waals surface area contributed by atoms with Crippen LogP contribution in [0.5, 0.6) is 5.75 Å². The molecule has 1 amide bonds. The van der Waals surface area contributed by atoms with E-state index in [1.54, 1.807) is 17.8 Å². The van der Waals surface area contributed by atoms with E-state index in [1.165, 1.54) is 0 Å². The molecule has 6 atom stereocenters. The number of carbonyl (C=O) groups is 2. The number of nitrogens with zero attached hydrogens (tertiary/aromatic N) is 6. The van der Waals surface area contributed by atoms with Gasteiger partial charge < -0.3 is 50.2 Å². The number of hydrogen-bond acceptors (Lipinski definition) is 12. The van der Waals surface area contributed by atoms with Gasteiger partial charge in [0.1, 0.15) is 24.6 Å². The number of amides is 1. The minimum absolute atomic E-state index is 0.146. The number of nitrogens with one attached hydrogen (secondary N) is 2. The molecule has 3 heterocycles. The van der Waals surface area contributed by atoms with E-state index in [1.807, 2.05) is 54.6 Å². The van der Waals surface area contributed by atoms with Crippen LogP contribution in [-0.4, -0.2) is 127 Å². The highest BCUT2D eigenvalue weighted by Gasteiger charge is 2.44. The molecule has 1 saturated heterocycles. The number of alkyl halides is 3. The van der Waals surface area contributed by atoms with Gasteiger partial charge in [0.25, 0.3) is 0 Å². The average Bonchev–Trinajstić information content (AvgIpc) is 3.90. The quantitative estimate of drug-likeness (QED) is 0.116. The van der Waals surface area contributed by atoms with Crippen molar-refractivity contribution >= 4 is 34.8 Å². The van der Waals surface area contributed by atoms with Crippen LogP contribution in [0, 0.1) is 0 Å². The first-order valence-corrected chi connectivity index (χ1v) is 17.9. The summed E-state index contributed by atoms with van der Waals surface area (Å²) in [5.41, 5.74) is 3.11. The van der Waals surface area contributed by atoms with E-state index in [0.717, 1.165) is 36.4 Å². The lowest BCUT2D eigenvalue weighted by molar-refractivity contribution is -0.192. The summed E-state index contributed by atoms with van der Waals surface area (Å²) < 4.78 is 39.5. The Bertz CT molecular complexity index is 1880. The second-order valence-electron chi connectivity index (χ2n) is 13.8. The van der Waals surface area contributed by atoms with Gasteiger partial charge in [-0.1, -0.05) is 49.4 Å². The second-order valence-corrected chi connectivity index (χ2v) is 13.8. The van der Waals surface area contributed by atoms with Gasteiger partial charge in [-0.25, -0.2) is 9.78 Å². The largest absolute Gasteiger partial charge is 0.490 e. The van der Waals surface area contributed by atoms with Crippen LogP contribution < -0.4 is 20.3 Å². The number of imidazole rings is 1. The second kappa shape index (κ2) is 18.1. The smallest absolute Gasteiger partial charge is 0.489 e. The Morgan fingerprint density at radius 2 is 1.73 bits per heavy atom. The number of ether oxygens (including phenoxy) is 1. The van der Waals surface area contributed by atoms with Crippen LogP contribution in [-0.2, 0) is 22.6 Å². The van der Waals surface area contributed by atoms with Gasteiger partial charge in [0.2, 0.25) is 11.9 Å². The minimum atomic E-state index is -5.08. The molecule has 0 radical (unpaired) electrons. The normalized spacial score (nSPS) is 21.6. The number of carboxylic acid groups (broad SMARTS) is 1. The summed E-state index contributed by atoms with van der Waals surface area (Å²) >= 11 is 0. The molecule has 1 aliphatic carbocycles. The zero-order valence-corrected chi connectivity index (χ0v) is 30.7. The fraction of sp³-hybridized carbons (Fsp3) is 0.486. The highest BCUT2D eigenvalue weighted by molar-refractivity contribution is 5.85. The van der Waals surface area contributed by atoms with Crippen molar-refractivity contribution in [1.82, 2.24) is 29.7 Å². The Hall–Kier alpha value is -5.04. The fourth-order valence-electron chi connectivity index (χ4n) is 6.57. The Balaban J connectivity index is 0.000000757. The first-order valence-electron chi connectivity index (χ1n) is 17.9. The summed E-state index contributed by atoms with van der Waals surface area (Å²) in [4.78, 5) is 39.9. The molecule has 0 bridgehead atoms. The molecule has 298 valence electrons. The number of anilines is 2. The van der Waals surface area contributed by atoms with Crippen molar-refractivity contribution in [3.05, 3.63) is 72.1 Å². The van der Waals surface area contributed by atoms with Crippen molar-refractivity contribution in [3.8, 4) is 5.75 Å². The molecule has 18 heteroatoms. The molecule has 4 aromatic rings. The SMILES string of the molecule is CCC(=O)N[C@H]1C[C@@H](n2cnc3c(N[C@H](CO)Cc4ccc(OCc5ccccc5)cc4)nc(N4CC[C@@H](N(C)C)C4)nc32)[C@H](O)[C@@H]1O.O=C(O)C(F)(F)F. The van der Waals surface area contributed by atoms with Gasteiger partial charge in [-0.3, -0.25) is 4.79 Å². The number of carboxylic acids is 1. The molecule has 2 fully saturated rings. The van der Waals surface area contributed by atoms with Gasteiger partial charge in [-0.15, -0.1) is 0 Å². The number of fused-ring (bicyclic) bond motifs is 1. The van der Waals surface area contributed by atoms with Crippen molar-refractivity contribution in [2.75, 3.05) is 44.0 Å². The van der Waals surface area contributed by atoms with Crippen LogP contribution in [0.25, 0.3) is 11.2 Å². The van der Waals surface area contributed by atoms with Crippen molar-refractivity contribution in [2.24, 2.45) is 0 Å². The highest BCUT2D eigenvalue weighted by Crippen LogP contribution is 2.35. The summed E-state index contributed by atoms with van der Waals surface area (Å²) in [6.45, 7) is 3.62. The number of aliphatic carboxylic acids is 1. The van der Waals surface area contributed by atoms with Crippen LogP contribution in [0.4, 0.5) is 24.9 Å². The number of hydrogen-bond donors (Lipinski definition) is 6. The molecule has 15 nitrogen and oxygen atoms in total. The third kappa shape index (κ3) is 10.4. The topological polar surface area (TPSA) is 198 Å². The maximum Gasteiger partial charge on any atom is 0.490 e. The molecule has 6 rings (SSSR count). The summed E-state index contributed by atoms with van der Waals surface area (Å²) in [6, 6.07) is 16.7. The monoisotopic (exact) mass is 772 g/mol. The first-order chi connectivity index (χ1) is 26.2. The fourth-order valence-corrected chi connectivity index (χ4v) is 6.57. The van der Waals surface area contributed by atoms with Crippen LogP contribution in [0.2, 0.25) is 0 Å². The summed E-state index contributed by atoms with van der Waals surface area (Å²) in [5, 5.41) is 45.7. The molecule has 55 heavy (non-hydrogen) atoms. The molecule has 2 aliphatic rings. The van der Waals surface area contributed by atoms with E-state index in [9.17, 15) is 33.3 Å². The number of benzene rings is 2. The zero-order valence-electron chi connectivity index (χ0n) is 30.7. The van der Waals surface area contributed by atoms with Gasteiger partial charge in [0, 0.05) is 25.6 Å². The summed E-state index contributed by atoms with van der Waals surface area (Å²) in [5.74, 6) is -1.18. The lowest BCUT2D eigenvalue weighted by Crippen LogP contribution is -2.42. The predicted molar refractivity (Wildman–Crippen MR) is 197 cm³/mol. The van der Waals surface area contributed by atoms with Crippen molar-refractivity contribution in [1.29, 1.82) is 0 Å². The van der Waals surface area contributed by atoms with Crippen molar-refractivity contribution in [3.63, 3.8) is 0 Å². The van der Waals surface area contributed by atoms with Gasteiger partial charge in [-0.2, -0.15) is 23.1 Å². The first kappa shape index (κ1) is 41.1. The number of aliphatic hydroxyl groups excluding tert-OH is 3. The Morgan fingerprint density at radius 3 is 2.33 bits per heavy atom. The van der Waals surface area contributed by atoms with E-state index in [4.69, 9.17) is 24.6 Å². The number of carbonyl (C=O) groups excluding carboxylic acids is 1. The van der Waals surface area contributed by atoms with E-state index < -0.39 is 36.4 Å². The number of rotatable bonds is 13. The standard InChI is InChI=1S/C35H46N8O5.C2HF3O2/c1-4-29(45)38-27-17-28(32(47)31(27)46)43-21-36-30-33(39-35(40-34(30)43)42-15-14-25(18-42)41(2)3)37-24(19-44)16-22-10-12-26(13-11-22)48-20-23-8-6-5-7-9-23;3-2(4,5)1(6)7/h5-13,21,24-25,27-28,31-32,44,46-47H,4,14-20H2,1-3H3,(H,38,45)(H,37,39,40);(H,6,7)/t24-,25+,27-,28+,31+,32-;/m0./s1. The van der Waals surface area contributed by atoms with Crippen molar-refractivity contribution < 1.29 is 47.9 Å². The van der Waals surface area contributed by atoms with E-state index >= 15 is 0 Å². The molecule has 2 aromatic heterocycles. The minimum Gasteiger partial charge on any atom is -0.489 e. The lowest BCUT2D eigenvalue weighted by Gasteiger charge is -2.23. The molecule has 2 aromatic carbocycles. The molecular formula is C37H47F3N8O7. The highest BCUT2D eigenvalue weighted by atomic mass is 19.4. The molecule has 6 N–H and O–H groups in total. The van der Waals surface area contributed by atoms with Crippen LogP contribution in [0.3, 0.4) is 0 Å². The van der Waals surface area contributed by atoms with Gasteiger partial charge in [0.15, 0.2) is 17.0 Å².